The van der Waals surface area contributed by atoms with Gasteiger partial charge in [0.1, 0.15) is 11.6 Å². The van der Waals surface area contributed by atoms with Gasteiger partial charge in [0, 0.05) is 37.0 Å². The van der Waals surface area contributed by atoms with Crippen molar-refractivity contribution in [2.24, 2.45) is 5.92 Å². The molecular formula is C20H20ClFN2O3. The van der Waals surface area contributed by atoms with E-state index in [0.717, 1.165) is 5.56 Å². The molecule has 2 aromatic rings. The van der Waals surface area contributed by atoms with Crippen molar-refractivity contribution in [1.82, 2.24) is 10.2 Å². The molecule has 0 saturated carbocycles. The summed E-state index contributed by atoms with van der Waals surface area (Å²) in [5.74, 6) is -0.106. The van der Waals surface area contributed by atoms with E-state index in [4.69, 9.17) is 16.3 Å². The molecule has 1 atom stereocenters. The molecule has 142 valence electrons. The molecule has 0 spiro atoms. The number of carbonyl (C=O) groups is 2. The van der Waals surface area contributed by atoms with E-state index in [9.17, 15) is 14.0 Å². The molecule has 1 heterocycles. The maximum atomic E-state index is 13.0. The second-order valence-electron chi connectivity index (χ2n) is 6.53. The van der Waals surface area contributed by atoms with E-state index in [2.05, 4.69) is 5.32 Å². The number of hydrogen-bond acceptors (Lipinski definition) is 3. The summed E-state index contributed by atoms with van der Waals surface area (Å²) in [6.45, 7) is 1.36. The topological polar surface area (TPSA) is 58.6 Å². The lowest BCUT2D eigenvalue weighted by molar-refractivity contribution is -0.128. The number of halogens is 2. The highest BCUT2D eigenvalue weighted by Crippen LogP contribution is 2.23. The smallest absolute Gasteiger partial charge is 0.255 e. The number of ether oxygens (including phenoxy) is 1. The highest BCUT2D eigenvalue weighted by Gasteiger charge is 2.30. The van der Waals surface area contributed by atoms with Crippen LogP contribution in [-0.4, -0.2) is 36.9 Å². The van der Waals surface area contributed by atoms with Gasteiger partial charge in [0.15, 0.2) is 0 Å². The van der Waals surface area contributed by atoms with Gasteiger partial charge in [0.2, 0.25) is 5.91 Å². The first-order valence-corrected chi connectivity index (χ1v) is 8.98. The van der Waals surface area contributed by atoms with Crippen LogP contribution in [0.25, 0.3) is 0 Å². The number of likely N-dealkylation sites (tertiary alicyclic amines) is 1. The molecule has 0 bridgehead atoms. The lowest BCUT2D eigenvalue weighted by Gasteiger charge is -2.17. The summed E-state index contributed by atoms with van der Waals surface area (Å²) in [6, 6.07) is 10.9. The molecule has 1 aliphatic heterocycles. The van der Waals surface area contributed by atoms with Crippen LogP contribution in [0, 0.1) is 11.7 Å². The fourth-order valence-electron chi connectivity index (χ4n) is 3.14. The highest BCUT2D eigenvalue weighted by molar-refractivity contribution is 6.31. The molecular weight excluding hydrogens is 371 g/mol. The molecule has 0 radical (unpaired) electrons. The Bertz CT molecular complexity index is 842. The Hall–Kier alpha value is -2.60. The van der Waals surface area contributed by atoms with Crippen LogP contribution < -0.4 is 10.1 Å². The van der Waals surface area contributed by atoms with Crippen LogP contribution in [0.3, 0.4) is 0 Å². The van der Waals surface area contributed by atoms with Crippen LogP contribution in [0.2, 0.25) is 5.02 Å². The molecule has 1 N–H and O–H groups in total. The average Bonchev–Trinajstić information content (AvgIpc) is 3.01. The zero-order valence-electron chi connectivity index (χ0n) is 14.9. The van der Waals surface area contributed by atoms with Gasteiger partial charge < -0.3 is 15.0 Å². The first-order chi connectivity index (χ1) is 13.0. The van der Waals surface area contributed by atoms with Gasteiger partial charge in [-0.05, 0) is 35.9 Å². The molecule has 5 nitrogen and oxygen atoms in total. The number of nitrogens with one attached hydrogen (secondary N) is 1. The molecule has 2 amide bonds. The highest BCUT2D eigenvalue weighted by atomic mass is 35.5. The van der Waals surface area contributed by atoms with Crippen LogP contribution >= 0.6 is 11.6 Å². The molecule has 27 heavy (non-hydrogen) atoms. The summed E-state index contributed by atoms with van der Waals surface area (Å²) in [6.07, 6.45) is 0.369. The summed E-state index contributed by atoms with van der Waals surface area (Å²) in [4.78, 5) is 26.4. The molecule has 1 unspecified atom stereocenters. The molecule has 2 aromatic carbocycles. The van der Waals surface area contributed by atoms with Crippen LogP contribution in [0.5, 0.6) is 5.75 Å². The van der Waals surface area contributed by atoms with E-state index in [1.165, 1.54) is 19.2 Å². The first kappa shape index (κ1) is 19.2. The van der Waals surface area contributed by atoms with E-state index in [1.54, 1.807) is 35.2 Å². The van der Waals surface area contributed by atoms with Crippen molar-refractivity contribution < 1.29 is 18.7 Å². The van der Waals surface area contributed by atoms with E-state index in [0.29, 0.717) is 42.4 Å². The Morgan fingerprint density at radius 1 is 1.30 bits per heavy atom. The number of hydrogen-bond donors (Lipinski definition) is 1. The maximum Gasteiger partial charge on any atom is 0.255 e. The summed E-state index contributed by atoms with van der Waals surface area (Å²) in [5, 5.41) is 3.30. The Morgan fingerprint density at radius 2 is 2.04 bits per heavy atom. The fraction of sp³-hybridized carbons (Fsp3) is 0.300. The minimum Gasteiger partial charge on any atom is -0.496 e. The molecule has 0 aromatic heterocycles. The Morgan fingerprint density at radius 3 is 2.74 bits per heavy atom. The van der Waals surface area contributed by atoms with Crippen LogP contribution in [0.4, 0.5) is 4.39 Å². The quantitative estimate of drug-likeness (QED) is 0.823. The normalized spacial score (nSPS) is 16.5. The number of carbonyl (C=O) groups excluding carboxylic acids is 2. The van der Waals surface area contributed by atoms with Gasteiger partial charge in [0.25, 0.3) is 5.91 Å². The third-order valence-corrected chi connectivity index (χ3v) is 4.77. The number of methoxy groups -OCH3 is 1. The number of amides is 2. The molecule has 1 aliphatic rings. The van der Waals surface area contributed by atoms with E-state index < -0.39 is 0 Å². The summed E-state index contributed by atoms with van der Waals surface area (Å²) in [5.41, 5.74) is 1.23. The first-order valence-electron chi connectivity index (χ1n) is 8.60. The second kappa shape index (κ2) is 8.39. The molecule has 3 rings (SSSR count). The monoisotopic (exact) mass is 390 g/mol. The van der Waals surface area contributed by atoms with Gasteiger partial charge in [-0.15, -0.1) is 0 Å². The third kappa shape index (κ3) is 4.77. The van der Waals surface area contributed by atoms with Crippen LogP contribution in [-0.2, 0) is 11.3 Å². The van der Waals surface area contributed by atoms with Gasteiger partial charge >= 0.3 is 0 Å². The average molecular weight is 391 g/mol. The number of rotatable bonds is 6. The molecule has 0 aliphatic carbocycles. The van der Waals surface area contributed by atoms with Gasteiger partial charge in [-0.1, -0.05) is 23.7 Å². The lowest BCUT2D eigenvalue weighted by atomic mass is 10.1. The predicted octanol–water partition coefficient (Wildman–Crippen LogP) is 3.27. The Labute approximate surface area is 162 Å². The number of benzene rings is 2. The van der Waals surface area contributed by atoms with Gasteiger partial charge in [-0.2, -0.15) is 0 Å². The van der Waals surface area contributed by atoms with Crippen molar-refractivity contribution in [1.29, 1.82) is 0 Å². The van der Waals surface area contributed by atoms with E-state index in [1.807, 2.05) is 0 Å². The van der Waals surface area contributed by atoms with E-state index in [-0.39, 0.29) is 23.5 Å². The fourth-order valence-corrected chi connectivity index (χ4v) is 3.32. The minimum atomic E-state index is -0.302. The number of nitrogens with zero attached hydrogens (tertiary/aromatic N) is 1. The SMILES string of the molecule is COc1ccc(Cl)cc1C(=O)NCC1CC(=O)N(Cc2ccc(F)cc2)C1. The van der Waals surface area contributed by atoms with Gasteiger partial charge in [-0.25, -0.2) is 4.39 Å². The summed E-state index contributed by atoms with van der Waals surface area (Å²) in [7, 11) is 1.49. The van der Waals surface area contributed by atoms with Crippen molar-refractivity contribution in [2.45, 2.75) is 13.0 Å². The van der Waals surface area contributed by atoms with Gasteiger partial charge in [-0.3, -0.25) is 9.59 Å². The van der Waals surface area contributed by atoms with Crippen molar-refractivity contribution >= 4 is 23.4 Å². The van der Waals surface area contributed by atoms with E-state index >= 15 is 0 Å². The van der Waals surface area contributed by atoms with Crippen molar-refractivity contribution in [3.05, 3.63) is 64.4 Å². The third-order valence-electron chi connectivity index (χ3n) is 4.54. The molecule has 7 heteroatoms. The minimum absolute atomic E-state index is 0.0204. The van der Waals surface area contributed by atoms with Crippen molar-refractivity contribution in [2.75, 3.05) is 20.2 Å². The largest absolute Gasteiger partial charge is 0.496 e. The molecule has 1 fully saturated rings. The van der Waals surface area contributed by atoms with Crippen LogP contribution in [0.15, 0.2) is 42.5 Å². The summed E-state index contributed by atoms with van der Waals surface area (Å²) < 4.78 is 18.2. The standard InChI is InChI=1S/C20H20ClFN2O3/c1-27-18-7-4-15(21)9-17(18)20(26)23-10-14-8-19(25)24(12-14)11-13-2-5-16(22)6-3-13/h2-7,9,14H,8,10-12H2,1H3,(H,23,26). The zero-order chi connectivity index (χ0) is 19.4. The van der Waals surface area contributed by atoms with Gasteiger partial charge in [0.05, 0.1) is 12.7 Å². The Balaban J connectivity index is 1.56. The lowest BCUT2D eigenvalue weighted by Crippen LogP contribution is -2.31. The zero-order valence-corrected chi connectivity index (χ0v) is 15.6. The predicted molar refractivity (Wildman–Crippen MR) is 100 cm³/mol. The molecule has 1 saturated heterocycles. The van der Waals surface area contributed by atoms with Crippen LogP contribution in [0.1, 0.15) is 22.3 Å². The van der Waals surface area contributed by atoms with Crippen molar-refractivity contribution in [3.8, 4) is 5.75 Å². The second-order valence-corrected chi connectivity index (χ2v) is 6.96. The summed E-state index contributed by atoms with van der Waals surface area (Å²) >= 11 is 5.96. The maximum absolute atomic E-state index is 13.0. The Kier molecular flexibility index (Phi) is 5.96. The van der Waals surface area contributed by atoms with Crippen molar-refractivity contribution in [3.63, 3.8) is 0 Å².